The van der Waals surface area contributed by atoms with Crippen molar-refractivity contribution in [2.24, 2.45) is 0 Å². The maximum absolute atomic E-state index is 13.7. The third kappa shape index (κ3) is 5.20. The Hall–Kier alpha value is -4.35. The van der Waals surface area contributed by atoms with Crippen LogP contribution < -0.4 is 19.1 Å². The van der Waals surface area contributed by atoms with Crippen molar-refractivity contribution in [3.8, 4) is 11.5 Å². The van der Waals surface area contributed by atoms with E-state index in [1.54, 1.807) is 61.9 Å². The van der Waals surface area contributed by atoms with Crippen LogP contribution in [0.4, 0.5) is 10.8 Å². The summed E-state index contributed by atoms with van der Waals surface area (Å²) in [5.74, 6) is 1.44. The number of methoxy groups -OCH3 is 2. The van der Waals surface area contributed by atoms with Gasteiger partial charge in [0.25, 0.3) is 15.9 Å². The third-order valence-corrected chi connectivity index (χ3v) is 8.16. The average molecular weight is 550 g/mol. The summed E-state index contributed by atoms with van der Waals surface area (Å²) in [6.07, 6.45) is 1.54. The van der Waals surface area contributed by atoms with Gasteiger partial charge >= 0.3 is 0 Å². The molecule has 2 aromatic heterocycles. The predicted molar refractivity (Wildman–Crippen MR) is 146 cm³/mol. The second-order valence-corrected chi connectivity index (χ2v) is 10.8. The normalized spacial score (nSPS) is 11.3. The summed E-state index contributed by atoms with van der Waals surface area (Å²) in [6.45, 7) is 0.166. The molecule has 0 bridgehead atoms. The van der Waals surface area contributed by atoms with Gasteiger partial charge in [-0.2, -0.15) is 0 Å². The van der Waals surface area contributed by atoms with E-state index in [0.717, 1.165) is 4.70 Å². The minimum Gasteiger partial charge on any atom is -0.497 e. The lowest BCUT2D eigenvalue weighted by Crippen LogP contribution is -2.30. The molecular weight excluding hydrogens is 526 g/mol. The molecule has 194 valence electrons. The first-order valence-corrected chi connectivity index (χ1v) is 13.7. The van der Waals surface area contributed by atoms with Crippen LogP contribution in [0.1, 0.15) is 16.1 Å². The molecule has 1 N–H and O–H groups in total. The minimum absolute atomic E-state index is 0.0920. The fourth-order valence-corrected chi connectivity index (χ4v) is 5.82. The van der Waals surface area contributed by atoms with E-state index in [1.807, 2.05) is 18.2 Å². The van der Waals surface area contributed by atoms with E-state index >= 15 is 0 Å². The number of rotatable bonds is 9. The topological polar surface area (TPSA) is 111 Å². The predicted octanol–water partition coefficient (Wildman–Crippen LogP) is 5.55. The van der Waals surface area contributed by atoms with E-state index in [2.05, 4.69) is 9.71 Å². The highest BCUT2D eigenvalue weighted by atomic mass is 32.2. The van der Waals surface area contributed by atoms with E-state index in [0.29, 0.717) is 39.2 Å². The van der Waals surface area contributed by atoms with Crippen LogP contribution >= 0.6 is 11.3 Å². The molecule has 5 aromatic rings. The number of sulfonamides is 1. The maximum Gasteiger partial charge on any atom is 0.261 e. The van der Waals surface area contributed by atoms with E-state index in [4.69, 9.17) is 13.9 Å². The molecule has 0 radical (unpaired) electrons. The van der Waals surface area contributed by atoms with Crippen molar-refractivity contribution in [2.75, 3.05) is 23.8 Å². The first-order chi connectivity index (χ1) is 18.4. The number of anilines is 2. The van der Waals surface area contributed by atoms with Crippen LogP contribution in [-0.2, 0) is 16.6 Å². The molecule has 0 fully saturated rings. The number of furan rings is 1. The Morgan fingerprint density at radius 1 is 0.974 bits per heavy atom. The van der Waals surface area contributed by atoms with Crippen molar-refractivity contribution in [1.82, 2.24) is 4.98 Å². The average Bonchev–Trinajstić information content (AvgIpc) is 3.61. The summed E-state index contributed by atoms with van der Waals surface area (Å²) in [4.78, 5) is 19.9. The fraction of sp³-hybridized carbons (Fsp3) is 0.111. The molecule has 9 nitrogen and oxygen atoms in total. The summed E-state index contributed by atoms with van der Waals surface area (Å²) >= 11 is 1.36. The van der Waals surface area contributed by atoms with Crippen molar-refractivity contribution in [3.63, 3.8) is 0 Å². The summed E-state index contributed by atoms with van der Waals surface area (Å²) in [5.41, 5.74) is 1.34. The van der Waals surface area contributed by atoms with Crippen molar-refractivity contribution in [3.05, 3.63) is 96.4 Å². The molecule has 0 saturated heterocycles. The number of carbonyl (C=O) groups excluding carboxylic acids is 1. The van der Waals surface area contributed by atoms with Crippen LogP contribution in [0, 0.1) is 0 Å². The number of hydrogen-bond acceptors (Lipinski definition) is 8. The highest BCUT2D eigenvalue weighted by Gasteiger charge is 2.24. The van der Waals surface area contributed by atoms with Gasteiger partial charge in [-0.1, -0.05) is 17.4 Å². The van der Waals surface area contributed by atoms with Gasteiger partial charge in [0.2, 0.25) is 0 Å². The summed E-state index contributed by atoms with van der Waals surface area (Å²) in [5, 5.41) is 0.482. The Morgan fingerprint density at radius 2 is 1.74 bits per heavy atom. The standard InChI is InChI=1S/C27H23N3O6S2/c1-34-20-12-14-22(15-13-20)38(32,33)29-19-10-8-18(9-11-19)26(31)30(17-21-5-4-16-36-21)27-28-25-23(35-2)6-3-7-24(25)37-27/h3-16,29H,17H2,1-2H3. The first-order valence-electron chi connectivity index (χ1n) is 11.4. The number of nitrogens with zero attached hydrogens (tertiary/aromatic N) is 2. The van der Waals surface area contributed by atoms with E-state index in [1.165, 1.54) is 35.5 Å². The van der Waals surface area contributed by atoms with Gasteiger partial charge in [0, 0.05) is 11.3 Å². The van der Waals surface area contributed by atoms with E-state index in [9.17, 15) is 13.2 Å². The number of carbonyl (C=O) groups is 1. The molecule has 5 rings (SSSR count). The zero-order chi connectivity index (χ0) is 26.7. The Kier molecular flexibility index (Phi) is 7.03. The third-order valence-electron chi connectivity index (χ3n) is 5.71. The fourth-order valence-electron chi connectivity index (χ4n) is 3.78. The first kappa shape index (κ1) is 25.3. The molecule has 0 unspecified atom stereocenters. The van der Waals surface area contributed by atoms with Gasteiger partial charge in [0.05, 0.1) is 36.6 Å². The van der Waals surface area contributed by atoms with Gasteiger partial charge in [-0.15, -0.1) is 0 Å². The van der Waals surface area contributed by atoms with Crippen molar-refractivity contribution in [1.29, 1.82) is 0 Å². The highest BCUT2D eigenvalue weighted by Crippen LogP contribution is 2.35. The van der Waals surface area contributed by atoms with Gasteiger partial charge in [0.1, 0.15) is 22.8 Å². The monoisotopic (exact) mass is 549 g/mol. The van der Waals surface area contributed by atoms with Crippen LogP contribution in [-0.4, -0.2) is 33.5 Å². The smallest absolute Gasteiger partial charge is 0.261 e. The highest BCUT2D eigenvalue weighted by molar-refractivity contribution is 7.92. The lowest BCUT2D eigenvalue weighted by Gasteiger charge is -2.19. The molecule has 3 aromatic carbocycles. The van der Waals surface area contributed by atoms with Crippen molar-refractivity contribution >= 4 is 48.3 Å². The van der Waals surface area contributed by atoms with Crippen molar-refractivity contribution < 1.29 is 27.1 Å². The maximum atomic E-state index is 13.7. The van der Waals surface area contributed by atoms with Crippen LogP contribution in [0.5, 0.6) is 11.5 Å². The number of fused-ring (bicyclic) bond motifs is 1. The van der Waals surface area contributed by atoms with E-state index < -0.39 is 10.0 Å². The summed E-state index contributed by atoms with van der Waals surface area (Å²) < 4.78 is 45.0. The molecule has 0 saturated carbocycles. The second kappa shape index (κ2) is 10.6. The van der Waals surface area contributed by atoms with Crippen LogP contribution in [0.2, 0.25) is 0 Å². The lowest BCUT2D eigenvalue weighted by molar-refractivity contribution is 0.0983. The molecular formula is C27H23N3O6S2. The summed E-state index contributed by atoms with van der Waals surface area (Å²) in [6, 6.07) is 21.4. The number of hydrogen-bond donors (Lipinski definition) is 1. The van der Waals surface area contributed by atoms with Crippen LogP contribution in [0.15, 0.2) is 94.4 Å². The Bertz CT molecular complexity index is 1660. The van der Waals surface area contributed by atoms with Gasteiger partial charge in [-0.05, 0) is 72.8 Å². The Morgan fingerprint density at radius 3 is 2.39 bits per heavy atom. The van der Waals surface area contributed by atoms with Gasteiger partial charge in [-0.3, -0.25) is 14.4 Å². The minimum atomic E-state index is -3.82. The number of para-hydroxylation sites is 1. The molecule has 0 aliphatic rings. The molecule has 38 heavy (non-hydrogen) atoms. The van der Waals surface area contributed by atoms with Gasteiger partial charge < -0.3 is 13.9 Å². The molecule has 0 atom stereocenters. The number of thiazole rings is 1. The lowest BCUT2D eigenvalue weighted by atomic mass is 10.2. The van der Waals surface area contributed by atoms with Crippen molar-refractivity contribution in [2.45, 2.75) is 11.4 Å². The number of ether oxygens (including phenoxy) is 2. The molecule has 0 aliphatic heterocycles. The number of nitrogens with one attached hydrogen (secondary N) is 1. The molecule has 2 heterocycles. The molecule has 0 spiro atoms. The zero-order valence-electron chi connectivity index (χ0n) is 20.5. The molecule has 1 amide bonds. The van der Waals surface area contributed by atoms with Crippen LogP contribution in [0.3, 0.4) is 0 Å². The second-order valence-electron chi connectivity index (χ2n) is 8.13. The van der Waals surface area contributed by atoms with E-state index in [-0.39, 0.29) is 17.3 Å². The van der Waals surface area contributed by atoms with Gasteiger partial charge in [0.15, 0.2) is 5.13 Å². The Balaban J connectivity index is 1.41. The molecule has 11 heteroatoms. The largest absolute Gasteiger partial charge is 0.497 e. The molecule has 0 aliphatic carbocycles. The Labute approximate surface area is 223 Å². The summed E-state index contributed by atoms with van der Waals surface area (Å²) in [7, 11) is -0.739. The number of benzene rings is 3. The number of aromatic nitrogens is 1. The number of amides is 1. The SMILES string of the molecule is COc1ccc(S(=O)(=O)Nc2ccc(C(=O)N(Cc3ccco3)c3nc4c(OC)cccc4s3)cc2)cc1. The zero-order valence-corrected chi connectivity index (χ0v) is 22.1. The van der Waals surface area contributed by atoms with Gasteiger partial charge in [-0.25, -0.2) is 13.4 Å². The quantitative estimate of drug-likeness (QED) is 0.256. The van der Waals surface area contributed by atoms with Crippen LogP contribution in [0.25, 0.3) is 10.2 Å².